The maximum atomic E-state index is 12.9. The Balaban J connectivity index is 1.46. The molecule has 1 aliphatic carbocycles. The Kier molecular flexibility index (Phi) is 3.93. The van der Waals surface area contributed by atoms with Crippen molar-refractivity contribution in [3.8, 4) is 0 Å². The zero-order valence-corrected chi connectivity index (χ0v) is 14.1. The summed E-state index contributed by atoms with van der Waals surface area (Å²) in [6.07, 6.45) is 5.04. The lowest BCUT2D eigenvalue weighted by molar-refractivity contribution is -0.136. The quantitative estimate of drug-likeness (QED) is 0.840. The van der Waals surface area contributed by atoms with E-state index in [1.807, 2.05) is 17.9 Å². The lowest BCUT2D eigenvalue weighted by Gasteiger charge is -2.25. The molecule has 1 saturated heterocycles. The van der Waals surface area contributed by atoms with Crippen LogP contribution in [0.3, 0.4) is 0 Å². The zero-order valence-electron chi connectivity index (χ0n) is 13.3. The monoisotopic (exact) mass is 331 g/mol. The molecular weight excluding hydrogens is 310 g/mol. The van der Waals surface area contributed by atoms with Crippen molar-refractivity contribution in [1.29, 1.82) is 0 Å². The van der Waals surface area contributed by atoms with Gasteiger partial charge in [0.25, 0.3) is 0 Å². The number of thiophene rings is 1. The molecule has 3 heterocycles. The molecule has 1 saturated carbocycles. The van der Waals surface area contributed by atoms with Crippen molar-refractivity contribution in [3.63, 3.8) is 0 Å². The summed E-state index contributed by atoms with van der Waals surface area (Å²) in [6.45, 7) is 2.81. The van der Waals surface area contributed by atoms with E-state index in [-0.39, 0.29) is 17.9 Å². The van der Waals surface area contributed by atoms with Crippen LogP contribution in [0, 0.1) is 5.92 Å². The van der Waals surface area contributed by atoms with Crippen LogP contribution in [0.1, 0.15) is 61.2 Å². The molecule has 0 bridgehead atoms. The first kappa shape index (κ1) is 14.9. The van der Waals surface area contributed by atoms with Gasteiger partial charge in [-0.05, 0) is 43.6 Å². The summed E-state index contributed by atoms with van der Waals surface area (Å²) in [4.78, 5) is 20.6. The number of hydrogen-bond acceptors (Lipinski definition) is 5. The van der Waals surface area contributed by atoms with Gasteiger partial charge in [0.2, 0.25) is 11.8 Å². The largest absolute Gasteiger partial charge is 0.339 e. The van der Waals surface area contributed by atoms with Crippen LogP contribution < -0.4 is 0 Å². The van der Waals surface area contributed by atoms with Crippen LogP contribution in [0.4, 0.5) is 0 Å². The third-order valence-electron chi connectivity index (χ3n) is 4.73. The highest BCUT2D eigenvalue weighted by molar-refractivity contribution is 7.09. The van der Waals surface area contributed by atoms with Gasteiger partial charge in [-0.15, -0.1) is 11.3 Å². The number of rotatable bonds is 5. The minimum atomic E-state index is -0.0101. The van der Waals surface area contributed by atoms with Crippen molar-refractivity contribution in [2.24, 2.45) is 5.92 Å². The van der Waals surface area contributed by atoms with Crippen LogP contribution in [0.15, 0.2) is 22.0 Å². The molecule has 122 valence electrons. The minimum absolute atomic E-state index is 0.00969. The second-order valence-corrected chi connectivity index (χ2v) is 7.67. The summed E-state index contributed by atoms with van der Waals surface area (Å²) >= 11 is 1.71. The Hall–Kier alpha value is -1.69. The molecule has 23 heavy (non-hydrogen) atoms. The van der Waals surface area contributed by atoms with Gasteiger partial charge < -0.3 is 9.42 Å². The summed E-state index contributed by atoms with van der Waals surface area (Å²) in [6, 6.07) is 4.12. The number of carbonyl (C=O) groups is 1. The number of aromatic nitrogens is 2. The van der Waals surface area contributed by atoms with E-state index in [9.17, 15) is 4.79 Å². The van der Waals surface area contributed by atoms with Crippen molar-refractivity contribution in [3.05, 3.63) is 34.1 Å². The molecule has 0 radical (unpaired) electrons. The van der Waals surface area contributed by atoms with Crippen LogP contribution in [0.2, 0.25) is 0 Å². The molecule has 0 aromatic carbocycles. The Labute approximate surface area is 139 Å². The average molecular weight is 331 g/mol. The maximum Gasteiger partial charge on any atom is 0.229 e. The Morgan fingerprint density at radius 2 is 2.35 bits per heavy atom. The van der Waals surface area contributed by atoms with E-state index in [1.54, 1.807) is 11.3 Å². The molecule has 0 unspecified atom stereocenters. The summed E-state index contributed by atoms with van der Waals surface area (Å²) < 4.78 is 5.38. The number of carbonyl (C=O) groups excluding carboxylic acids is 1. The molecule has 2 aromatic heterocycles. The minimum Gasteiger partial charge on any atom is -0.339 e. The predicted octanol–water partition coefficient (Wildman–Crippen LogP) is 3.55. The van der Waals surface area contributed by atoms with Crippen molar-refractivity contribution in [2.45, 2.75) is 51.0 Å². The normalized spacial score (nSPS) is 22.5. The molecule has 0 N–H and O–H groups in total. The van der Waals surface area contributed by atoms with Gasteiger partial charge in [0.05, 0.1) is 6.04 Å². The van der Waals surface area contributed by atoms with Crippen LogP contribution in [0.25, 0.3) is 0 Å². The van der Waals surface area contributed by atoms with Crippen LogP contribution in [0.5, 0.6) is 0 Å². The first-order valence-electron chi connectivity index (χ1n) is 8.38. The number of nitrogens with zero attached hydrogens (tertiary/aromatic N) is 3. The molecule has 2 atom stereocenters. The zero-order chi connectivity index (χ0) is 15.8. The fourth-order valence-electron chi connectivity index (χ4n) is 3.28. The Bertz CT molecular complexity index is 678. The second-order valence-electron chi connectivity index (χ2n) is 6.64. The van der Waals surface area contributed by atoms with Crippen molar-refractivity contribution >= 4 is 17.2 Å². The van der Waals surface area contributed by atoms with E-state index < -0.39 is 0 Å². The number of likely N-dealkylation sites (tertiary alicyclic amines) is 1. The van der Waals surface area contributed by atoms with Crippen molar-refractivity contribution < 1.29 is 9.32 Å². The van der Waals surface area contributed by atoms with Crippen LogP contribution in [-0.4, -0.2) is 27.5 Å². The molecular formula is C17H21N3O2S. The van der Waals surface area contributed by atoms with E-state index in [0.29, 0.717) is 11.7 Å². The fraction of sp³-hybridized carbons (Fsp3) is 0.588. The predicted molar refractivity (Wildman–Crippen MR) is 87.1 cm³/mol. The number of amides is 1. The van der Waals surface area contributed by atoms with Gasteiger partial charge in [-0.1, -0.05) is 18.1 Å². The molecule has 2 fully saturated rings. The summed E-state index contributed by atoms with van der Waals surface area (Å²) in [5.41, 5.74) is 0. The van der Waals surface area contributed by atoms with Gasteiger partial charge in [-0.2, -0.15) is 4.98 Å². The van der Waals surface area contributed by atoms with Gasteiger partial charge in [0.15, 0.2) is 5.82 Å². The highest BCUT2D eigenvalue weighted by Gasteiger charge is 2.37. The van der Waals surface area contributed by atoms with E-state index >= 15 is 0 Å². The molecule has 0 spiro atoms. The van der Waals surface area contributed by atoms with Gasteiger partial charge in [-0.3, -0.25) is 4.79 Å². The van der Waals surface area contributed by atoms with Gasteiger partial charge >= 0.3 is 0 Å². The van der Waals surface area contributed by atoms with E-state index in [4.69, 9.17) is 4.52 Å². The molecule has 6 heteroatoms. The lowest BCUT2D eigenvalue weighted by Crippen LogP contribution is -2.35. The average Bonchev–Trinajstić information content (AvgIpc) is 3.01. The molecule has 4 rings (SSSR count). The third kappa shape index (κ3) is 3.04. The smallest absolute Gasteiger partial charge is 0.229 e. The molecule has 5 nitrogen and oxygen atoms in total. The lowest BCUT2D eigenvalue weighted by atomic mass is 10.0. The maximum absolute atomic E-state index is 12.9. The third-order valence-corrected chi connectivity index (χ3v) is 5.63. The second kappa shape index (κ2) is 6.07. The Morgan fingerprint density at radius 1 is 1.48 bits per heavy atom. The van der Waals surface area contributed by atoms with Crippen molar-refractivity contribution in [2.75, 3.05) is 6.54 Å². The highest BCUT2D eigenvalue weighted by atomic mass is 32.1. The molecule has 2 aliphatic rings. The standard InChI is InChI=1S/C17H21N3O2S/c1-11(10-13-4-3-9-23-13)17(21)20-8-2-5-14(20)15-18-16(22-19-15)12-6-7-12/h3-4,9,11-12,14H,2,5-8,10H2,1H3/t11-,14-/m1/s1. The van der Waals surface area contributed by atoms with Crippen LogP contribution >= 0.6 is 11.3 Å². The topological polar surface area (TPSA) is 59.2 Å². The van der Waals surface area contributed by atoms with Gasteiger partial charge in [0, 0.05) is 23.3 Å². The Morgan fingerprint density at radius 3 is 3.09 bits per heavy atom. The highest BCUT2D eigenvalue weighted by Crippen LogP contribution is 2.40. The SMILES string of the molecule is C[C@H](Cc1cccs1)C(=O)N1CCC[C@@H]1c1noc(C2CC2)n1. The van der Waals surface area contributed by atoms with Gasteiger partial charge in [-0.25, -0.2) is 0 Å². The first-order valence-corrected chi connectivity index (χ1v) is 9.26. The van der Waals surface area contributed by atoms with Crippen molar-refractivity contribution in [1.82, 2.24) is 15.0 Å². The van der Waals surface area contributed by atoms with Crippen LogP contribution in [-0.2, 0) is 11.2 Å². The van der Waals surface area contributed by atoms with Gasteiger partial charge in [0.1, 0.15) is 0 Å². The van der Waals surface area contributed by atoms with E-state index in [1.165, 1.54) is 4.88 Å². The molecule has 2 aromatic rings. The summed E-state index contributed by atoms with van der Waals surface area (Å²) in [5.74, 6) is 2.11. The fourth-order valence-corrected chi connectivity index (χ4v) is 4.11. The molecule has 1 aliphatic heterocycles. The van der Waals surface area contributed by atoms with E-state index in [2.05, 4.69) is 21.6 Å². The molecule has 1 amide bonds. The summed E-state index contributed by atoms with van der Waals surface area (Å²) in [7, 11) is 0. The summed E-state index contributed by atoms with van der Waals surface area (Å²) in [5, 5.41) is 6.21. The first-order chi connectivity index (χ1) is 11.2. The van der Waals surface area contributed by atoms with E-state index in [0.717, 1.165) is 44.5 Å². The number of hydrogen-bond donors (Lipinski definition) is 0.